The highest BCUT2D eigenvalue weighted by molar-refractivity contribution is 6.10. The van der Waals surface area contributed by atoms with Crippen LogP contribution in [-0.2, 0) is 9.53 Å². The zero-order chi connectivity index (χ0) is 17.4. The van der Waals surface area contributed by atoms with E-state index >= 15 is 0 Å². The predicted molar refractivity (Wildman–Crippen MR) is 95.3 cm³/mol. The Morgan fingerprint density at radius 2 is 1.83 bits per heavy atom. The topological polar surface area (TPSA) is 67.4 Å². The Morgan fingerprint density at radius 3 is 2.58 bits per heavy atom. The van der Waals surface area contributed by atoms with Gasteiger partial charge in [-0.3, -0.25) is 9.59 Å². The molecule has 0 aromatic heterocycles. The van der Waals surface area contributed by atoms with Crippen molar-refractivity contribution in [2.24, 2.45) is 0 Å². The number of carbonyl (C=O) groups is 2. The number of hydrogen-bond donors (Lipinski definition) is 2. The standard InChI is InChI=1S/C19H22N2O3/c1-14-7-5-8-15(13-14)20-19(23)16-9-3-4-10-17(16)21-18(22)11-6-12-24-2/h3-5,7-10,13H,6,11-12H2,1-2H3,(H,20,23)(H,21,22). The molecule has 2 N–H and O–H groups in total. The molecule has 0 aliphatic heterocycles. The Labute approximate surface area is 142 Å². The molecule has 2 aromatic carbocycles. The zero-order valence-electron chi connectivity index (χ0n) is 14.0. The number of nitrogens with one attached hydrogen (secondary N) is 2. The van der Waals surface area contributed by atoms with Gasteiger partial charge in [-0.25, -0.2) is 0 Å². The quantitative estimate of drug-likeness (QED) is 0.764. The lowest BCUT2D eigenvalue weighted by Gasteiger charge is -2.12. The molecule has 0 fully saturated rings. The molecule has 0 spiro atoms. The molecule has 0 atom stereocenters. The van der Waals surface area contributed by atoms with Crippen LogP contribution in [0.4, 0.5) is 11.4 Å². The number of para-hydroxylation sites is 1. The third kappa shape index (κ3) is 5.21. The van der Waals surface area contributed by atoms with Crippen molar-refractivity contribution in [3.05, 3.63) is 59.7 Å². The minimum Gasteiger partial charge on any atom is -0.385 e. The van der Waals surface area contributed by atoms with Crippen molar-refractivity contribution in [2.45, 2.75) is 19.8 Å². The van der Waals surface area contributed by atoms with Gasteiger partial charge in [0.25, 0.3) is 5.91 Å². The van der Waals surface area contributed by atoms with Gasteiger partial charge in [-0.15, -0.1) is 0 Å². The number of amides is 2. The van der Waals surface area contributed by atoms with Crippen LogP contribution < -0.4 is 10.6 Å². The molecule has 2 amide bonds. The Balaban J connectivity index is 2.07. The first-order chi connectivity index (χ1) is 11.6. The van der Waals surface area contributed by atoms with Crippen LogP contribution >= 0.6 is 0 Å². The fourth-order valence-electron chi connectivity index (χ4n) is 2.30. The Kier molecular flexibility index (Phi) is 6.51. The molecule has 0 bridgehead atoms. The van der Waals surface area contributed by atoms with Gasteiger partial charge in [-0.05, 0) is 43.2 Å². The van der Waals surface area contributed by atoms with Crippen molar-refractivity contribution in [1.82, 2.24) is 0 Å². The van der Waals surface area contributed by atoms with Gasteiger partial charge in [0.15, 0.2) is 0 Å². The number of anilines is 2. The SMILES string of the molecule is COCCCC(=O)Nc1ccccc1C(=O)Nc1cccc(C)c1. The van der Waals surface area contributed by atoms with E-state index in [0.717, 1.165) is 11.3 Å². The Morgan fingerprint density at radius 1 is 1.04 bits per heavy atom. The van der Waals surface area contributed by atoms with Crippen molar-refractivity contribution in [3.63, 3.8) is 0 Å². The van der Waals surface area contributed by atoms with Gasteiger partial charge in [-0.1, -0.05) is 24.3 Å². The maximum atomic E-state index is 12.5. The number of hydrogen-bond acceptors (Lipinski definition) is 3. The van der Waals surface area contributed by atoms with Gasteiger partial charge in [0.1, 0.15) is 0 Å². The number of benzene rings is 2. The largest absolute Gasteiger partial charge is 0.385 e. The predicted octanol–water partition coefficient (Wildman–Crippen LogP) is 3.61. The average molecular weight is 326 g/mol. The lowest BCUT2D eigenvalue weighted by atomic mass is 10.1. The van der Waals surface area contributed by atoms with E-state index in [9.17, 15) is 9.59 Å². The first kappa shape index (κ1) is 17.7. The molecule has 0 radical (unpaired) electrons. The summed E-state index contributed by atoms with van der Waals surface area (Å²) in [6, 6.07) is 14.5. The summed E-state index contributed by atoms with van der Waals surface area (Å²) in [4.78, 5) is 24.5. The third-order valence-corrected chi connectivity index (χ3v) is 3.47. The molecule has 0 aliphatic rings. The molecule has 2 rings (SSSR count). The minimum atomic E-state index is -0.256. The van der Waals surface area contributed by atoms with Crippen LogP contribution in [0.1, 0.15) is 28.8 Å². The highest BCUT2D eigenvalue weighted by Gasteiger charge is 2.13. The van der Waals surface area contributed by atoms with E-state index in [1.165, 1.54) is 0 Å². The van der Waals surface area contributed by atoms with Crippen molar-refractivity contribution >= 4 is 23.2 Å². The summed E-state index contributed by atoms with van der Waals surface area (Å²) >= 11 is 0. The molecule has 2 aromatic rings. The Hall–Kier alpha value is -2.66. The maximum Gasteiger partial charge on any atom is 0.257 e. The summed E-state index contributed by atoms with van der Waals surface area (Å²) in [5.74, 6) is -0.392. The molecule has 0 heterocycles. The minimum absolute atomic E-state index is 0.136. The van der Waals surface area contributed by atoms with Crippen LogP contribution in [0.3, 0.4) is 0 Å². The molecule has 0 aliphatic carbocycles. The fraction of sp³-hybridized carbons (Fsp3) is 0.263. The van der Waals surface area contributed by atoms with E-state index in [1.807, 2.05) is 31.2 Å². The lowest BCUT2D eigenvalue weighted by molar-refractivity contribution is -0.116. The molecule has 5 heteroatoms. The van der Waals surface area contributed by atoms with E-state index < -0.39 is 0 Å². The van der Waals surface area contributed by atoms with Gasteiger partial charge in [0, 0.05) is 25.8 Å². The van der Waals surface area contributed by atoms with Crippen LogP contribution in [0.15, 0.2) is 48.5 Å². The van der Waals surface area contributed by atoms with Crippen LogP contribution in [0.5, 0.6) is 0 Å². The van der Waals surface area contributed by atoms with Gasteiger partial charge in [0.2, 0.25) is 5.91 Å². The first-order valence-corrected chi connectivity index (χ1v) is 7.86. The summed E-state index contributed by atoms with van der Waals surface area (Å²) in [6.45, 7) is 2.49. The zero-order valence-corrected chi connectivity index (χ0v) is 14.0. The maximum absolute atomic E-state index is 12.5. The molecule has 24 heavy (non-hydrogen) atoms. The number of methoxy groups -OCH3 is 1. The van der Waals surface area contributed by atoms with Gasteiger partial charge in [-0.2, -0.15) is 0 Å². The second-order valence-corrected chi connectivity index (χ2v) is 5.51. The van der Waals surface area contributed by atoms with Gasteiger partial charge < -0.3 is 15.4 Å². The molecule has 5 nitrogen and oxygen atoms in total. The molecular formula is C19H22N2O3. The van der Waals surface area contributed by atoms with E-state index in [-0.39, 0.29) is 11.8 Å². The third-order valence-electron chi connectivity index (χ3n) is 3.47. The Bertz CT molecular complexity index is 713. The van der Waals surface area contributed by atoms with Gasteiger partial charge >= 0.3 is 0 Å². The molecule has 0 unspecified atom stereocenters. The number of rotatable bonds is 7. The highest BCUT2D eigenvalue weighted by atomic mass is 16.5. The van der Waals surface area contributed by atoms with E-state index in [4.69, 9.17) is 4.74 Å². The normalized spacial score (nSPS) is 10.2. The summed E-state index contributed by atoms with van der Waals surface area (Å²) in [7, 11) is 1.60. The van der Waals surface area contributed by atoms with E-state index in [0.29, 0.717) is 30.7 Å². The van der Waals surface area contributed by atoms with Crippen LogP contribution in [0, 0.1) is 6.92 Å². The lowest BCUT2D eigenvalue weighted by Crippen LogP contribution is -2.18. The van der Waals surface area contributed by atoms with Crippen LogP contribution in [0.2, 0.25) is 0 Å². The van der Waals surface area contributed by atoms with E-state index in [1.54, 1.807) is 31.4 Å². The summed E-state index contributed by atoms with van der Waals surface area (Å²) in [5.41, 5.74) is 2.72. The van der Waals surface area contributed by atoms with Crippen molar-refractivity contribution in [3.8, 4) is 0 Å². The second-order valence-electron chi connectivity index (χ2n) is 5.51. The number of ether oxygens (including phenoxy) is 1. The summed E-state index contributed by atoms with van der Waals surface area (Å²) < 4.78 is 4.94. The number of aryl methyl sites for hydroxylation is 1. The smallest absolute Gasteiger partial charge is 0.257 e. The average Bonchev–Trinajstić information content (AvgIpc) is 2.55. The van der Waals surface area contributed by atoms with Crippen LogP contribution in [-0.4, -0.2) is 25.5 Å². The van der Waals surface area contributed by atoms with Crippen molar-refractivity contribution in [2.75, 3.05) is 24.4 Å². The summed E-state index contributed by atoms with van der Waals surface area (Å²) in [6.07, 6.45) is 0.988. The van der Waals surface area contributed by atoms with Crippen molar-refractivity contribution < 1.29 is 14.3 Å². The molecule has 126 valence electrons. The highest BCUT2D eigenvalue weighted by Crippen LogP contribution is 2.18. The first-order valence-electron chi connectivity index (χ1n) is 7.86. The van der Waals surface area contributed by atoms with Crippen molar-refractivity contribution in [1.29, 1.82) is 0 Å². The summed E-state index contributed by atoms with van der Waals surface area (Å²) in [5, 5.41) is 5.65. The van der Waals surface area contributed by atoms with Crippen LogP contribution in [0.25, 0.3) is 0 Å². The monoisotopic (exact) mass is 326 g/mol. The second kappa shape index (κ2) is 8.84. The molecular weight excluding hydrogens is 304 g/mol. The fourth-order valence-corrected chi connectivity index (χ4v) is 2.30. The molecule has 0 saturated heterocycles. The van der Waals surface area contributed by atoms with Gasteiger partial charge in [0.05, 0.1) is 11.3 Å². The van der Waals surface area contributed by atoms with E-state index in [2.05, 4.69) is 10.6 Å². The number of carbonyl (C=O) groups excluding carboxylic acids is 2. The molecule has 0 saturated carbocycles.